The largest absolute Gasteiger partial charge is 0.456 e. The van der Waals surface area contributed by atoms with E-state index in [1.807, 2.05) is 209 Å². The summed E-state index contributed by atoms with van der Waals surface area (Å²) >= 11 is 6.09. The van der Waals surface area contributed by atoms with Crippen molar-refractivity contribution in [1.29, 1.82) is 0 Å². The summed E-state index contributed by atoms with van der Waals surface area (Å²) in [6, 6.07) is 65.7. The molecule has 6 aliphatic heterocycles. The highest BCUT2D eigenvalue weighted by Gasteiger charge is 2.32. The molecule has 17 nitrogen and oxygen atoms in total. The minimum atomic E-state index is -0.228. The normalized spacial score (nSPS) is 16.2. The number of carbonyl (C=O) groups is 5. The Morgan fingerprint density at radius 1 is 0.338 bits per heavy atom. The lowest BCUT2D eigenvalue weighted by Gasteiger charge is -2.31. The second-order valence-corrected chi connectivity index (χ2v) is 38.8. The fraction of sp³-hybridized carbons (Fsp3) is 0.434. The number of fused-ring (bicyclic) bond motifs is 1. The van der Waals surface area contributed by atoms with E-state index in [1.54, 1.807) is 11.1 Å². The molecule has 5 amide bonds. The molecule has 3 N–H and O–H groups in total. The van der Waals surface area contributed by atoms with Gasteiger partial charge in [0.05, 0.1) is 12.7 Å². The Kier molecular flexibility index (Phi) is 49.2. The number of piperidine rings is 5. The predicted octanol–water partition coefficient (Wildman–Crippen LogP) is 28.2. The molecule has 18 rings (SSSR count). The molecule has 9 aliphatic rings. The third kappa shape index (κ3) is 32.4. The van der Waals surface area contributed by atoms with Gasteiger partial charge in [0.1, 0.15) is 17.2 Å². The predicted molar refractivity (Wildman–Crippen MR) is 621 cm³/mol. The number of nitrogens with zero attached hydrogens (tertiary/aromatic N) is 7. The molecule has 0 spiro atoms. The van der Waals surface area contributed by atoms with E-state index in [1.165, 1.54) is 130 Å². The van der Waals surface area contributed by atoms with E-state index in [2.05, 4.69) is 135 Å². The second-order valence-electron chi connectivity index (χ2n) is 38.4. The summed E-state index contributed by atoms with van der Waals surface area (Å²) in [5.74, 6) is 2.14. The number of amides is 5. The van der Waals surface area contributed by atoms with Crippen LogP contribution in [0, 0.1) is 11.7 Å². The number of carbonyl (C=O) groups excluding carboxylic acids is 5. The highest BCUT2D eigenvalue weighted by molar-refractivity contribution is 6.30. The molecule has 8 aromatic carbocycles. The molecule has 148 heavy (non-hydrogen) atoms. The molecule has 9 aromatic rings. The molecule has 794 valence electrons. The van der Waals surface area contributed by atoms with Crippen molar-refractivity contribution >= 4 is 80.0 Å². The topological polar surface area (TPSA) is 170 Å². The molecule has 7 fully saturated rings. The number of allylic oxidation sites excluding steroid dienone is 10. The first-order valence-corrected chi connectivity index (χ1v) is 53.7. The maximum atomic E-state index is 13.4. The fourth-order valence-electron chi connectivity index (χ4n) is 20.8. The summed E-state index contributed by atoms with van der Waals surface area (Å²) in [5, 5.41) is 12.1. The van der Waals surface area contributed by atoms with Gasteiger partial charge in [-0.3, -0.25) is 24.0 Å². The molecule has 0 bridgehead atoms. The van der Waals surface area contributed by atoms with Crippen molar-refractivity contribution in [1.82, 2.24) is 50.2 Å². The number of hydrogen-bond donors (Lipinski definition) is 3. The van der Waals surface area contributed by atoms with E-state index in [4.69, 9.17) is 20.8 Å². The van der Waals surface area contributed by atoms with E-state index >= 15 is 0 Å². The number of furan rings is 1. The lowest BCUT2D eigenvalue weighted by Crippen LogP contribution is -2.34. The summed E-state index contributed by atoms with van der Waals surface area (Å²) in [6.07, 6.45) is 31.9. The maximum absolute atomic E-state index is 13.4. The molecule has 1 aromatic heterocycles. The van der Waals surface area contributed by atoms with Crippen LogP contribution in [0.2, 0.25) is 5.02 Å². The smallest absolute Gasteiger partial charge is 0.253 e. The van der Waals surface area contributed by atoms with Crippen molar-refractivity contribution < 1.29 is 37.5 Å². The van der Waals surface area contributed by atoms with Crippen molar-refractivity contribution in [3.05, 3.63) is 359 Å². The van der Waals surface area contributed by atoms with Crippen molar-refractivity contribution in [3.8, 4) is 0 Å². The van der Waals surface area contributed by atoms with Gasteiger partial charge in [0.25, 0.3) is 29.5 Å². The molecular formula is C129H172ClFN10O7. The molecule has 1 unspecified atom stereocenters. The Morgan fingerprint density at radius 2 is 0.608 bits per heavy atom. The molecular weight excluding hydrogens is 1860 g/mol. The number of epoxide rings is 1. The van der Waals surface area contributed by atoms with Crippen molar-refractivity contribution in [2.75, 3.05) is 151 Å². The number of benzene rings is 8. The number of para-hydroxylation sites is 1. The molecule has 1 saturated carbocycles. The average Bonchev–Trinajstić information content (AvgIpc) is 1.64. The Hall–Kier alpha value is -11.7. The number of rotatable bonds is 29. The van der Waals surface area contributed by atoms with Gasteiger partial charge < -0.3 is 59.4 Å². The van der Waals surface area contributed by atoms with Gasteiger partial charge in [-0.05, 0) is 387 Å². The van der Waals surface area contributed by atoms with Gasteiger partial charge in [0.2, 0.25) is 0 Å². The van der Waals surface area contributed by atoms with Gasteiger partial charge in [-0.25, -0.2) is 4.39 Å². The van der Waals surface area contributed by atoms with Gasteiger partial charge in [0.15, 0.2) is 0 Å². The first-order chi connectivity index (χ1) is 69.9. The van der Waals surface area contributed by atoms with Gasteiger partial charge in [-0.15, -0.1) is 0 Å². The van der Waals surface area contributed by atoms with E-state index in [-0.39, 0.29) is 72.5 Å². The quantitative estimate of drug-likeness (QED) is 0.0380. The van der Waals surface area contributed by atoms with Crippen LogP contribution in [-0.2, 0) is 4.74 Å². The zero-order valence-electron chi connectivity index (χ0n) is 86.5. The van der Waals surface area contributed by atoms with Crippen LogP contribution in [0.5, 0.6) is 0 Å². The molecule has 3 aliphatic carbocycles. The fourth-order valence-corrected chi connectivity index (χ4v) is 20.9. The third-order valence-electron chi connectivity index (χ3n) is 29.3. The molecule has 6 saturated heterocycles. The van der Waals surface area contributed by atoms with Gasteiger partial charge in [-0.2, -0.15) is 0 Å². The highest BCUT2D eigenvalue weighted by atomic mass is 35.5. The van der Waals surface area contributed by atoms with Crippen LogP contribution in [0.4, 0.5) is 4.39 Å². The minimum Gasteiger partial charge on any atom is -0.456 e. The van der Waals surface area contributed by atoms with Crippen molar-refractivity contribution in [3.63, 3.8) is 0 Å². The summed E-state index contributed by atoms with van der Waals surface area (Å²) in [5.41, 5.74) is 29.5. The lowest BCUT2D eigenvalue weighted by molar-refractivity contribution is 0.0765. The number of hydrogen-bond acceptors (Lipinski definition) is 12. The number of likely N-dealkylation sites (tertiary alicyclic amines) is 2. The van der Waals surface area contributed by atoms with E-state index in [0.717, 1.165) is 267 Å². The Balaban J connectivity index is 0.000000204. The lowest BCUT2D eigenvalue weighted by atomic mass is 9.84. The molecule has 1 atom stereocenters. The Bertz CT molecular complexity index is 5670. The zero-order valence-corrected chi connectivity index (χ0v) is 87.2. The summed E-state index contributed by atoms with van der Waals surface area (Å²) in [7, 11) is 0. The SMILES string of the molecule is C.C.C.C.C.CCN(CC)C(=O)c1ccc(C(=C2CCNCC2)c2cc3ccccc3o2)cc1.CCN(CC)C(=O)c1ccc(C(=C2CCNCC2)c2ccc(Cl)cc2)cc1.CCN(CC)C(=O)c1ccc(C(=C2CCNCC2)c2ccc(F)cc2)cc1.CCN(CC)C(=O)c1ccc(C(C2=CC=CCC2)=C2CCN(CC3CC3)CC2)cc1.CCN(CC)C(=O)c1ccc(C(C2=CC=CCC2)=C2CCN(CC3CO3)CC2)cc1. The van der Waals surface area contributed by atoms with Crippen molar-refractivity contribution in [2.24, 2.45) is 5.92 Å². The molecule has 19 heteroatoms. The number of ether oxygens (including phenoxy) is 1. The molecule has 0 radical (unpaired) electrons. The first-order valence-electron chi connectivity index (χ1n) is 53.4. The van der Waals surface area contributed by atoms with Crippen LogP contribution >= 0.6 is 11.6 Å². The minimum absolute atomic E-state index is 0. The monoisotopic (exact) mass is 2030 g/mol. The first kappa shape index (κ1) is 120. The van der Waals surface area contributed by atoms with Crippen LogP contribution < -0.4 is 16.0 Å². The highest BCUT2D eigenvalue weighted by Crippen LogP contribution is 2.42. The van der Waals surface area contributed by atoms with Gasteiger partial charge in [-0.1, -0.05) is 216 Å². The van der Waals surface area contributed by atoms with Crippen LogP contribution in [0.25, 0.3) is 38.8 Å². The summed E-state index contributed by atoms with van der Waals surface area (Å²) in [6.45, 7) is 41.3. The maximum Gasteiger partial charge on any atom is 0.253 e. The Labute approximate surface area is 892 Å². The standard InChI is InChI=1S/C27H36N2O.C26H34N2O2.C25H28N2O2.C23H27ClN2O.C23H27FN2O.5CH4/c1-3-29(4-2)27(30)25-14-12-23(13-15-25)26(22-8-6-5-7-9-22)24-16-18-28(19-17-24)20-21-10-11-21;1-3-28(4-2)26(29)23-12-10-21(11-13-23)25(20-8-6-5-7-9-20)22-14-16-27(17-15-22)18-24-19-30-24;1-3-27(4-2)25(28)20-11-9-18(10-12-20)24(19-13-15-26-16-14-19)23-17-21-7-5-6-8-22(21)29-23;2*1-3-26(4-2)23(27)20-7-5-17(6-8-20)22(19-13-15-25-16-14-19)18-9-11-21(24)12-10-18;;;;;/h5-6,8,12-15,21H,3-4,7,9-11,16-20H2,1-2H3;5-6,8,10-13,24H,3-4,7,9,14-19H2,1-2H3;5-12,17,26H,3-4,13-16H2,1-2H3;2*5-12,25H,3-4,13-16H2,1-2H3;5*1H4. The number of nitrogens with one attached hydrogen (secondary N) is 3. The van der Waals surface area contributed by atoms with Crippen LogP contribution in [0.3, 0.4) is 0 Å². The third-order valence-corrected chi connectivity index (χ3v) is 29.6. The van der Waals surface area contributed by atoms with E-state index in [9.17, 15) is 28.4 Å². The summed E-state index contributed by atoms with van der Waals surface area (Å²) < 4.78 is 25.1. The number of halogens is 2. The van der Waals surface area contributed by atoms with Crippen molar-refractivity contribution in [2.45, 2.75) is 215 Å². The second kappa shape index (κ2) is 60.8. The molecule has 7 heterocycles. The van der Waals surface area contributed by atoms with Crippen LogP contribution in [-0.4, -0.2) is 221 Å². The van der Waals surface area contributed by atoms with Gasteiger partial charge in [0, 0.05) is 149 Å². The Morgan fingerprint density at radius 3 is 0.899 bits per heavy atom. The average molecular weight is 2030 g/mol. The summed E-state index contributed by atoms with van der Waals surface area (Å²) in [4.78, 5) is 77.7. The van der Waals surface area contributed by atoms with Gasteiger partial charge >= 0.3 is 0 Å². The zero-order chi connectivity index (χ0) is 101. The van der Waals surface area contributed by atoms with E-state index < -0.39 is 0 Å². The van der Waals surface area contributed by atoms with E-state index in [0.29, 0.717) is 24.8 Å². The van der Waals surface area contributed by atoms with Crippen LogP contribution in [0.1, 0.15) is 306 Å². The van der Waals surface area contributed by atoms with Crippen LogP contribution in [0.15, 0.2) is 280 Å².